The van der Waals surface area contributed by atoms with E-state index < -0.39 is 37.6 Å². The predicted molar refractivity (Wildman–Crippen MR) is 84.0 cm³/mol. The zero-order chi connectivity index (χ0) is 18.1. The minimum Gasteiger partial charge on any atom is -0.427 e. The van der Waals surface area contributed by atoms with Gasteiger partial charge in [-0.15, -0.1) is 0 Å². The fourth-order valence-corrected chi connectivity index (χ4v) is 3.01. The fourth-order valence-electron chi connectivity index (χ4n) is 1.42. The molecule has 0 radical (unpaired) electrons. The van der Waals surface area contributed by atoms with Crippen LogP contribution < -0.4 is 5.32 Å². The highest BCUT2D eigenvalue weighted by Gasteiger charge is 2.29. The number of halogens is 1. The third kappa shape index (κ3) is 9.56. The minimum absolute atomic E-state index is 0.0716. The zero-order valence-corrected chi connectivity index (χ0v) is 15.0. The second kappa shape index (κ2) is 9.88. The number of carbonyl (C=O) groups is 2. The summed E-state index contributed by atoms with van der Waals surface area (Å²) in [5.74, 6) is -2.40. The normalized spacial score (nSPS) is 15.4. The number of hydrogen-bond donors (Lipinski definition) is 2. The number of alkyl halides is 1. The summed E-state index contributed by atoms with van der Waals surface area (Å²) >= 11 is 0. The maximum absolute atomic E-state index is 13.7. The van der Waals surface area contributed by atoms with Crippen molar-refractivity contribution in [2.45, 2.75) is 52.9 Å². The topological polar surface area (TPSA) is 102 Å². The maximum atomic E-state index is 13.7. The lowest BCUT2D eigenvalue weighted by Crippen LogP contribution is -2.30. The molecule has 0 heterocycles. The molecule has 23 heavy (non-hydrogen) atoms. The summed E-state index contributed by atoms with van der Waals surface area (Å²) in [5.41, 5.74) is -0.706. The lowest BCUT2D eigenvalue weighted by molar-refractivity contribution is -0.161. The third-order valence-corrected chi connectivity index (χ3v) is 5.00. The van der Waals surface area contributed by atoms with Gasteiger partial charge >= 0.3 is 12.1 Å². The molecule has 9 heteroatoms. The second-order valence-corrected chi connectivity index (χ2v) is 8.73. The van der Waals surface area contributed by atoms with E-state index >= 15 is 0 Å². The van der Waals surface area contributed by atoms with E-state index in [1.807, 2.05) is 6.92 Å². The van der Waals surface area contributed by atoms with Crippen LogP contribution in [0.5, 0.6) is 0 Å². The van der Waals surface area contributed by atoms with E-state index in [2.05, 4.69) is 10.1 Å². The summed E-state index contributed by atoms with van der Waals surface area (Å²) in [6.45, 7) is 6.12. The molecule has 0 aromatic rings. The molecule has 136 valence electrons. The van der Waals surface area contributed by atoms with Gasteiger partial charge in [0, 0.05) is 19.1 Å². The molecular formula is C14H27FNO6P. The van der Waals surface area contributed by atoms with E-state index in [1.54, 1.807) is 20.8 Å². The van der Waals surface area contributed by atoms with Crippen molar-refractivity contribution in [2.24, 2.45) is 5.41 Å². The summed E-state index contributed by atoms with van der Waals surface area (Å²) in [4.78, 5) is 32.2. The van der Waals surface area contributed by atoms with Gasteiger partial charge in [0.15, 0.2) is 5.91 Å². The molecule has 0 bridgehead atoms. The molecule has 0 rings (SSSR count). The van der Waals surface area contributed by atoms with Gasteiger partial charge in [0.2, 0.25) is 14.2 Å². The highest BCUT2D eigenvalue weighted by molar-refractivity contribution is 7.58. The molecule has 0 aliphatic rings. The Labute approximate surface area is 136 Å². The molecule has 0 aromatic carbocycles. The number of nitrogens with one attached hydrogen (secondary N) is 1. The molecule has 2 N–H and O–H groups in total. The van der Waals surface area contributed by atoms with Crippen LogP contribution in [0.1, 0.15) is 47.0 Å². The average Bonchev–Trinajstić information content (AvgIpc) is 2.43. The highest BCUT2D eigenvalue weighted by Crippen LogP contribution is 2.49. The third-order valence-electron chi connectivity index (χ3n) is 2.91. The van der Waals surface area contributed by atoms with Gasteiger partial charge in [-0.2, -0.15) is 0 Å². The van der Waals surface area contributed by atoms with Gasteiger partial charge in [-0.3, -0.25) is 9.36 Å². The van der Waals surface area contributed by atoms with E-state index in [4.69, 9.17) is 4.74 Å². The molecule has 0 fully saturated rings. The molecule has 0 saturated heterocycles. The second-order valence-electron chi connectivity index (χ2n) is 6.21. The number of amides is 1. The van der Waals surface area contributed by atoms with E-state index in [0.29, 0.717) is 12.8 Å². The Balaban J connectivity index is 3.94. The number of alkyl carbamates (subject to hydrolysis) is 1. The molecule has 1 unspecified atom stereocenters. The molecule has 0 aromatic heterocycles. The van der Waals surface area contributed by atoms with Gasteiger partial charge < -0.3 is 19.7 Å². The van der Waals surface area contributed by atoms with Gasteiger partial charge in [-0.05, 0) is 27.2 Å². The van der Waals surface area contributed by atoms with Crippen molar-refractivity contribution in [3.63, 3.8) is 0 Å². The zero-order valence-electron chi connectivity index (χ0n) is 14.1. The van der Waals surface area contributed by atoms with Crippen LogP contribution in [0.2, 0.25) is 0 Å². The van der Waals surface area contributed by atoms with Gasteiger partial charge in [-0.1, -0.05) is 13.3 Å². The molecule has 2 atom stereocenters. The summed E-state index contributed by atoms with van der Waals surface area (Å²) in [6, 6.07) is 0. The number of hydrogen-bond acceptors (Lipinski definition) is 5. The van der Waals surface area contributed by atoms with E-state index in [1.165, 1.54) is 0 Å². The number of ether oxygens (including phenoxy) is 2. The summed E-state index contributed by atoms with van der Waals surface area (Å²) in [5, 5.41) is 2.23. The monoisotopic (exact) mass is 355 g/mol. The molecule has 0 saturated carbocycles. The van der Waals surface area contributed by atoms with Crippen molar-refractivity contribution in [2.75, 3.05) is 19.5 Å². The lowest BCUT2D eigenvalue weighted by atomic mass is 9.98. The number of carbonyl (C=O) groups excluding carboxylic acids is 2. The van der Waals surface area contributed by atoms with Crippen LogP contribution in [-0.4, -0.2) is 42.4 Å². The Morgan fingerprint density at radius 1 is 1.30 bits per heavy atom. The first-order chi connectivity index (χ1) is 10.5. The Morgan fingerprint density at radius 3 is 2.43 bits per heavy atom. The first-order valence-electron chi connectivity index (χ1n) is 7.54. The summed E-state index contributed by atoms with van der Waals surface area (Å²) in [7, 11) is -3.84. The van der Waals surface area contributed by atoms with Gasteiger partial charge in [0.25, 0.3) is 0 Å². The molecular weight excluding hydrogens is 328 g/mol. The Morgan fingerprint density at radius 2 is 1.91 bits per heavy atom. The first kappa shape index (κ1) is 21.9. The number of unbranched alkanes of at least 4 members (excludes halogenated alkanes) is 1. The Bertz CT molecular complexity index is 437. The van der Waals surface area contributed by atoms with Crippen molar-refractivity contribution >= 4 is 19.4 Å². The van der Waals surface area contributed by atoms with Crippen molar-refractivity contribution in [3.8, 4) is 0 Å². The van der Waals surface area contributed by atoms with E-state index in [-0.39, 0.29) is 19.1 Å². The minimum atomic E-state index is -3.84. The predicted octanol–water partition coefficient (Wildman–Crippen LogP) is 3.02. The SMILES string of the molecule is CCCCP(=O)(O)[C@H](F)CCNC(=O)OCOC(=O)C(C)(C)C. The molecule has 0 aliphatic heterocycles. The van der Waals surface area contributed by atoms with Crippen molar-refractivity contribution in [1.82, 2.24) is 5.32 Å². The Kier molecular flexibility index (Phi) is 9.39. The lowest BCUT2D eigenvalue weighted by Gasteiger charge is -2.17. The van der Waals surface area contributed by atoms with Crippen LogP contribution >= 0.6 is 7.37 Å². The quantitative estimate of drug-likeness (QED) is 0.374. The average molecular weight is 355 g/mol. The number of esters is 1. The summed E-state index contributed by atoms with van der Waals surface area (Å²) in [6.07, 6.45) is -0.0651. The first-order valence-corrected chi connectivity index (χ1v) is 9.45. The fraction of sp³-hybridized carbons (Fsp3) is 0.857. The molecule has 0 spiro atoms. The summed E-state index contributed by atoms with van der Waals surface area (Å²) < 4.78 is 34.7. The van der Waals surface area contributed by atoms with Gasteiger partial charge in [0.05, 0.1) is 5.41 Å². The van der Waals surface area contributed by atoms with Crippen LogP contribution in [0.4, 0.5) is 9.18 Å². The van der Waals surface area contributed by atoms with Crippen molar-refractivity contribution in [3.05, 3.63) is 0 Å². The van der Waals surface area contributed by atoms with Crippen LogP contribution in [0.25, 0.3) is 0 Å². The molecule has 1 amide bonds. The Hall–Kier alpha value is -1.14. The van der Waals surface area contributed by atoms with Crippen LogP contribution in [-0.2, 0) is 18.8 Å². The smallest absolute Gasteiger partial charge is 0.410 e. The highest BCUT2D eigenvalue weighted by atomic mass is 31.2. The maximum Gasteiger partial charge on any atom is 0.410 e. The van der Waals surface area contributed by atoms with Gasteiger partial charge in [-0.25, -0.2) is 9.18 Å². The number of rotatable bonds is 9. The molecule has 7 nitrogen and oxygen atoms in total. The van der Waals surface area contributed by atoms with Crippen LogP contribution in [0.3, 0.4) is 0 Å². The standard InChI is InChI=1S/C14H27FNO6P/c1-5-6-9-23(19,20)11(15)7-8-16-13(18)22-10-21-12(17)14(2,3)4/h11H,5-10H2,1-4H3,(H,16,18)(H,19,20)/t11-/m0/s1. The van der Waals surface area contributed by atoms with Crippen LogP contribution in [0.15, 0.2) is 0 Å². The van der Waals surface area contributed by atoms with Crippen LogP contribution in [0, 0.1) is 5.41 Å². The van der Waals surface area contributed by atoms with Gasteiger partial charge in [0.1, 0.15) is 0 Å². The largest absolute Gasteiger partial charge is 0.427 e. The molecule has 0 aliphatic carbocycles. The van der Waals surface area contributed by atoms with Crippen molar-refractivity contribution in [1.29, 1.82) is 0 Å². The van der Waals surface area contributed by atoms with Crippen molar-refractivity contribution < 1.29 is 32.9 Å². The van der Waals surface area contributed by atoms with E-state index in [0.717, 1.165) is 0 Å². The van der Waals surface area contributed by atoms with E-state index in [9.17, 15) is 23.4 Å².